The minimum Gasteiger partial charge on any atom is -0.433 e. The summed E-state index contributed by atoms with van der Waals surface area (Å²) in [5.74, 6) is 1.82. The summed E-state index contributed by atoms with van der Waals surface area (Å²) < 4.78 is 28.1. The molecule has 1 N–H and O–H groups in total. The summed E-state index contributed by atoms with van der Waals surface area (Å²) in [5.41, 5.74) is 1.17. The van der Waals surface area contributed by atoms with E-state index in [0.29, 0.717) is 17.8 Å². The lowest BCUT2D eigenvalue weighted by atomic mass is 10.0. The van der Waals surface area contributed by atoms with Crippen molar-refractivity contribution in [2.45, 2.75) is 33.8 Å². The van der Waals surface area contributed by atoms with Crippen LogP contribution in [0.3, 0.4) is 0 Å². The highest BCUT2D eigenvalue weighted by Gasteiger charge is 2.39. The van der Waals surface area contributed by atoms with Crippen molar-refractivity contribution in [3.63, 3.8) is 0 Å². The van der Waals surface area contributed by atoms with Crippen LogP contribution >= 0.6 is 0 Å². The van der Waals surface area contributed by atoms with E-state index in [9.17, 15) is 8.78 Å². The summed E-state index contributed by atoms with van der Waals surface area (Å²) in [6.45, 7) is 3.50. The van der Waals surface area contributed by atoms with E-state index in [1.807, 2.05) is 6.92 Å². The van der Waals surface area contributed by atoms with Gasteiger partial charge < -0.3 is 10.1 Å². The first-order valence-corrected chi connectivity index (χ1v) is 5.79. The summed E-state index contributed by atoms with van der Waals surface area (Å²) in [6.07, 6.45) is 5.17. The van der Waals surface area contributed by atoms with Gasteiger partial charge in [0.1, 0.15) is 5.76 Å². The summed E-state index contributed by atoms with van der Waals surface area (Å²) in [7, 11) is 0. The molecule has 0 saturated heterocycles. The molecule has 0 aromatic heterocycles. The van der Waals surface area contributed by atoms with Gasteiger partial charge in [0.05, 0.1) is 6.21 Å². The maximum Gasteiger partial charge on any atom is 0.387 e. The highest BCUT2D eigenvalue weighted by atomic mass is 19.3. The minimum atomic E-state index is -2.87. The molecule has 2 nitrogen and oxygen atoms in total. The molecule has 1 aliphatic carbocycles. The first kappa shape index (κ1) is 13.9. The molecular weight excluding hydrogens is 224 g/mol. The first-order chi connectivity index (χ1) is 7.95. The molecule has 0 amide bonds. The first-order valence-electron chi connectivity index (χ1n) is 5.79. The Hall–Kier alpha value is -1.19. The molecule has 1 fully saturated rings. The fourth-order valence-corrected chi connectivity index (χ4v) is 2.04. The van der Waals surface area contributed by atoms with Gasteiger partial charge in [0.25, 0.3) is 0 Å². The number of ether oxygens (including phenoxy) is 1. The van der Waals surface area contributed by atoms with Crippen molar-refractivity contribution in [3.8, 4) is 0 Å². The zero-order valence-corrected chi connectivity index (χ0v) is 10.4. The van der Waals surface area contributed by atoms with Crippen molar-refractivity contribution >= 4 is 6.21 Å². The topological polar surface area (TPSA) is 33.1 Å². The fourth-order valence-electron chi connectivity index (χ4n) is 2.04. The Morgan fingerprint density at radius 3 is 2.41 bits per heavy atom. The van der Waals surface area contributed by atoms with Gasteiger partial charge in [-0.1, -0.05) is 25.5 Å². The molecule has 1 aliphatic rings. The smallest absolute Gasteiger partial charge is 0.387 e. The number of halogens is 2. The number of nitrogens with one attached hydrogen (secondary N) is 1. The Kier molecular flexibility index (Phi) is 4.85. The average molecular weight is 243 g/mol. The number of rotatable bonds is 6. The summed E-state index contributed by atoms with van der Waals surface area (Å²) in [4.78, 5) is 0. The van der Waals surface area contributed by atoms with Gasteiger partial charge in [-0.25, -0.2) is 0 Å². The summed E-state index contributed by atoms with van der Waals surface area (Å²) in [6, 6.07) is 0. The van der Waals surface area contributed by atoms with Crippen molar-refractivity contribution in [2.75, 3.05) is 0 Å². The van der Waals surface area contributed by atoms with Crippen LogP contribution in [0.4, 0.5) is 8.78 Å². The van der Waals surface area contributed by atoms with E-state index in [1.165, 1.54) is 18.1 Å². The Labute approximate surface area is 101 Å². The Morgan fingerprint density at radius 1 is 1.35 bits per heavy atom. The van der Waals surface area contributed by atoms with Crippen LogP contribution in [0.5, 0.6) is 0 Å². The predicted molar refractivity (Wildman–Crippen MR) is 64.1 cm³/mol. The van der Waals surface area contributed by atoms with Crippen molar-refractivity contribution in [2.24, 2.45) is 17.8 Å². The second-order valence-electron chi connectivity index (χ2n) is 4.75. The molecule has 0 aromatic rings. The van der Waals surface area contributed by atoms with Gasteiger partial charge in [0.15, 0.2) is 0 Å². The number of alkyl halides is 2. The molecule has 0 heterocycles. The fraction of sp³-hybridized carbons (Fsp3) is 0.615. The van der Waals surface area contributed by atoms with Crippen LogP contribution in [-0.2, 0) is 4.74 Å². The van der Waals surface area contributed by atoms with Crippen LogP contribution in [-0.4, -0.2) is 12.8 Å². The predicted octanol–water partition coefficient (Wildman–Crippen LogP) is 4.00. The van der Waals surface area contributed by atoms with Crippen LogP contribution in [0.2, 0.25) is 0 Å². The zero-order chi connectivity index (χ0) is 13.0. The molecule has 0 aromatic carbocycles. The average Bonchev–Trinajstić information content (AvgIpc) is 3.02. The molecular formula is C13H19F2NO. The molecule has 0 unspecified atom stereocenters. The maximum atomic E-state index is 11.9. The van der Waals surface area contributed by atoms with Gasteiger partial charge in [0.2, 0.25) is 0 Å². The molecule has 1 rings (SSSR count). The lowest BCUT2D eigenvalue weighted by Crippen LogP contribution is -1.99. The van der Waals surface area contributed by atoms with Crippen LogP contribution in [0.25, 0.3) is 0 Å². The second kappa shape index (κ2) is 5.94. The van der Waals surface area contributed by atoms with Gasteiger partial charge in [-0.15, -0.1) is 0 Å². The van der Waals surface area contributed by atoms with Gasteiger partial charge in [0, 0.05) is 0 Å². The van der Waals surface area contributed by atoms with Crippen LogP contribution in [0, 0.1) is 23.2 Å². The summed E-state index contributed by atoms with van der Waals surface area (Å²) in [5, 5.41) is 6.95. The normalized spacial score (nSPS) is 25.4. The molecule has 2 atom stereocenters. The lowest BCUT2D eigenvalue weighted by Gasteiger charge is -2.04. The van der Waals surface area contributed by atoms with E-state index in [4.69, 9.17) is 5.41 Å². The molecule has 0 radical (unpaired) electrons. The van der Waals surface area contributed by atoms with Crippen LogP contribution < -0.4 is 0 Å². The molecule has 0 aliphatic heterocycles. The maximum absolute atomic E-state index is 11.9. The van der Waals surface area contributed by atoms with E-state index in [-0.39, 0.29) is 5.76 Å². The highest BCUT2D eigenvalue weighted by molar-refractivity contribution is 5.73. The SMILES string of the molecule is C/C(=C\C=C(/C=N)OC(F)F)[C@H]1C[C@@H]1C(C)C. The third-order valence-corrected chi connectivity index (χ3v) is 3.16. The minimum absolute atomic E-state index is 0.110. The van der Waals surface area contributed by atoms with E-state index in [0.717, 1.165) is 6.21 Å². The van der Waals surface area contributed by atoms with Crippen molar-refractivity contribution in [3.05, 3.63) is 23.5 Å². The highest BCUT2D eigenvalue weighted by Crippen LogP contribution is 2.48. The van der Waals surface area contributed by atoms with Crippen molar-refractivity contribution in [1.82, 2.24) is 0 Å². The van der Waals surface area contributed by atoms with Gasteiger partial charge >= 0.3 is 6.61 Å². The van der Waals surface area contributed by atoms with E-state index < -0.39 is 6.61 Å². The Balaban J connectivity index is 2.57. The molecule has 17 heavy (non-hydrogen) atoms. The molecule has 1 saturated carbocycles. The second-order valence-corrected chi connectivity index (χ2v) is 4.75. The largest absolute Gasteiger partial charge is 0.433 e. The van der Waals surface area contributed by atoms with E-state index in [2.05, 4.69) is 18.6 Å². The quantitative estimate of drug-likeness (QED) is 0.427. The molecule has 96 valence electrons. The third kappa shape index (κ3) is 4.29. The zero-order valence-electron chi connectivity index (χ0n) is 10.4. The molecule has 4 heteroatoms. The van der Waals surface area contributed by atoms with Gasteiger partial charge in [-0.05, 0) is 37.2 Å². The Bertz CT molecular complexity index is 334. The molecule has 0 spiro atoms. The summed E-state index contributed by atoms with van der Waals surface area (Å²) >= 11 is 0. The van der Waals surface area contributed by atoms with Gasteiger partial charge in [-0.3, -0.25) is 0 Å². The van der Waals surface area contributed by atoms with Gasteiger partial charge in [-0.2, -0.15) is 8.78 Å². The lowest BCUT2D eigenvalue weighted by molar-refractivity contribution is -0.0892. The van der Waals surface area contributed by atoms with Crippen molar-refractivity contribution < 1.29 is 13.5 Å². The molecule has 0 bridgehead atoms. The Morgan fingerprint density at radius 2 is 2.00 bits per heavy atom. The van der Waals surface area contributed by atoms with E-state index in [1.54, 1.807) is 6.08 Å². The number of hydrogen-bond acceptors (Lipinski definition) is 2. The monoisotopic (exact) mass is 243 g/mol. The standard InChI is InChI=1S/C13H19F2NO/c1-8(2)11-6-12(11)9(3)4-5-10(7-16)17-13(14)15/h4-5,7-8,11-13,16H,6H2,1-3H3/b9-4+,10-5+,16-7?/t11-,12-/m1/s1. The number of hydrogen-bond donors (Lipinski definition) is 1. The third-order valence-electron chi connectivity index (χ3n) is 3.16. The van der Waals surface area contributed by atoms with Crippen LogP contribution in [0.15, 0.2) is 23.5 Å². The number of allylic oxidation sites excluding steroid dienone is 4. The van der Waals surface area contributed by atoms with E-state index >= 15 is 0 Å². The van der Waals surface area contributed by atoms with Crippen molar-refractivity contribution in [1.29, 1.82) is 5.41 Å². The van der Waals surface area contributed by atoms with Crippen LogP contribution in [0.1, 0.15) is 27.2 Å².